The van der Waals surface area contributed by atoms with Crippen molar-refractivity contribution < 1.29 is 9.47 Å². The molecule has 1 aliphatic heterocycles. The monoisotopic (exact) mass is 441 g/mol. The van der Waals surface area contributed by atoms with Crippen molar-refractivity contribution in [1.82, 2.24) is 19.6 Å². The molecule has 0 unspecified atom stereocenters. The van der Waals surface area contributed by atoms with Crippen molar-refractivity contribution in [1.29, 1.82) is 5.26 Å². The SMILES string of the molecule is Cc1cc(Oc2cc(C#N)ccc2-c2cc(CN)cn3cnnc23)cc(N2CCOCC2)n1. The third-order valence-electron chi connectivity index (χ3n) is 5.56. The first-order valence-electron chi connectivity index (χ1n) is 10.7. The Morgan fingerprint density at radius 1 is 1.15 bits per heavy atom. The molecule has 0 saturated carbocycles. The lowest BCUT2D eigenvalue weighted by atomic mass is 10.0. The van der Waals surface area contributed by atoms with E-state index >= 15 is 0 Å². The van der Waals surface area contributed by atoms with Gasteiger partial charge in [0.25, 0.3) is 0 Å². The fourth-order valence-corrected chi connectivity index (χ4v) is 3.96. The molecule has 1 aromatic carbocycles. The highest BCUT2D eigenvalue weighted by Gasteiger charge is 2.17. The van der Waals surface area contributed by atoms with Crippen molar-refractivity contribution in [2.45, 2.75) is 13.5 Å². The van der Waals surface area contributed by atoms with Gasteiger partial charge in [-0.05, 0) is 36.8 Å². The summed E-state index contributed by atoms with van der Waals surface area (Å²) >= 11 is 0. The second-order valence-electron chi connectivity index (χ2n) is 7.85. The largest absolute Gasteiger partial charge is 0.456 e. The van der Waals surface area contributed by atoms with Crippen LogP contribution in [0.15, 0.2) is 48.9 Å². The Hall–Kier alpha value is -4.00. The summed E-state index contributed by atoms with van der Waals surface area (Å²) in [5, 5.41) is 17.8. The molecule has 0 spiro atoms. The number of benzene rings is 1. The molecule has 9 heteroatoms. The molecule has 0 atom stereocenters. The number of nitrogens with two attached hydrogens (primary N) is 1. The van der Waals surface area contributed by atoms with Gasteiger partial charge in [-0.25, -0.2) is 4.98 Å². The van der Waals surface area contributed by atoms with Crippen molar-refractivity contribution in [2.24, 2.45) is 5.73 Å². The third kappa shape index (κ3) is 4.22. The van der Waals surface area contributed by atoms with Crippen LogP contribution in [0.1, 0.15) is 16.8 Å². The molecule has 4 aromatic rings. The summed E-state index contributed by atoms with van der Waals surface area (Å²) in [5.41, 5.74) is 10.5. The van der Waals surface area contributed by atoms with Gasteiger partial charge in [-0.3, -0.25) is 4.40 Å². The van der Waals surface area contributed by atoms with Crippen molar-refractivity contribution in [3.8, 4) is 28.7 Å². The number of fused-ring (bicyclic) bond motifs is 1. The molecule has 5 rings (SSSR count). The van der Waals surface area contributed by atoms with Crippen molar-refractivity contribution in [3.63, 3.8) is 0 Å². The van der Waals surface area contributed by atoms with E-state index in [4.69, 9.17) is 15.2 Å². The maximum absolute atomic E-state index is 9.49. The van der Waals surface area contributed by atoms with Crippen molar-refractivity contribution >= 4 is 11.5 Å². The van der Waals surface area contributed by atoms with Gasteiger partial charge in [0.15, 0.2) is 5.65 Å². The zero-order chi connectivity index (χ0) is 22.8. The number of anilines is 1. The molecule has 4 heterocycles. The van der Waals surface area contributed by atoms with Crippen molar-refractivity contribution in [3.05, 3.63) is 65.7 Å². The first-order valence-corrected chi connectivity index (χ1v) is 10.7. The van der Waals surface area contributed by atoms with Gasteiger partial charge in [-0.2, -0.15) is 5.26 Å². The topological polar surface area (TPSA) is 115 Å². The number of hydrogen-bond donors (Lipinski definition) is 1. The van der Waals surface area contributed by atoms with Gasteiger partial charge in [0.2, 0.25) is 0 Å². The Bertz CT molecular complexity index is 1350. The second kappa shape index (κ2) is 8.86. The summed E-state index contributed by atoms with van der Waals surface area (Å²) in [6.07, 6.45) is 3.55. The van der Waals surface area contributed by atoms with Crippen LogP contribution in [-0.2, 0) is 11.3 Å². The van der Waals surface area contributed by atoms with Gasteiger partial charge in [0.1, 0.15) is 23.6 Å². The number of ether oxygens (including phenoxy) is 2. The molecule has 3 aromatic heterocycles. The number of pyridine rings is 2. The Morgan fingerprint density at radius 2 is 2.00 bits per heavy atom. The number of aryl methyl sites for hydroxylation is 1. The fourth-order valence-electron chi connectivity index (χ4n) is 3.96. The highest BCUT2D eigenvalue weighted by Crippen LogP contribution is 2.37. The predicted octanol–water partition coefficient (Wildman–Crippen LogP) is 3.06. The maximum atomic E-state index is 9.49. The number of nitriles is 1. The Kier molecular flexibility index (Phi) is 5.60. The van der Waals surface area contributed by atoms with Crippen LogP contribution in [0.25, 0.3) is 16.8 Å². The van der Waals surface area contributed by atoms with E-state index in [9.17, 15) is 5.26 Å². The Balaban J connectivity index is 1.60. The molecule has 1 fully saturated rings. The van der Waals surface area contributed by atoms with Gasteiger partial charge in [-0.1, -0.05) is 0 Å². The molecule has 9 nitrogen and oxygen atoms in total. The summed E-state index contributed by atoms with van der Waals surface area (Å²) < 4.78 is 13.7. The van der Waals surface area contributed by atoms with E-state index in [-0.39, 0.29) is 0 Å². The van der Waals surface area contributed by atoms with Gasteiger partial charge >= 0.3 is 0 Å². The molecule has 33 heavy (non-hydrogen) atoms. The van der Waals surface area contributed by atoms with Gasteiger partial charge in [0.05, 0.1) is 24.8 Å². The van der Waals surface area contributed by atoms with Crippen LogP contribution in [0, 0.1) is 18.3 Å². The molecule has 0 aliphatic carbocycles. The van der Waals surface area contributed by atoms with Crippen LogP contribution in [0.3, 0.4) is 0 Å². The van der Waals surface area contributed by atoms with Crippen molar-refractivity contribution in [2.75, 3.05) is 31.2 Å². The minimum atomic E-state index is 0.375. The highest BCUT2D eigenvalue weighted by molar-refractivity contribution is 5.82. The molecule has 0 amide bonds. The number of nitrogens with zero attached hydrogens (tertiary/aromatic N) is 6. The van der Waals surface area contributed by atoms with Crippen LogP contribution in [0.5, 0.6) is 11.5 Å². The number of rotatable bonds is 5. The standard InChI is InChI=1S/C24H23N7O2/c1-16-8-19(11-23(28-16)30-4-6-32-7-5-30)33-22-10-17(12-25)2-3-20(22)21-9-18(13-26)14-31-15-27-29-24(21)31/h2-3,8-11,14-15H,4-7,13,26H2,1H3. The molecular formula is C24H23N7O2. The second-order valence-corrected chi connectivity index (χ2v) is 7.85. The molecule has 1 saturated heterocycles. The van der Waals surface area contributed by atoms with E-state index < -0.39 is 0 Å². The lowest BCUT2D eigenvalue weighted by Crippen LogP contribution is -2.36. The number of aromatic nitrogens is 4. The lowest BCUT2D eigenvalue weighted by molar-refractivity contribution is 0.122. The average molecular weight is 441 g/mol. The summed E-state index contributed by atoms with van der Waals surface area (Å²) in [7, 11) is 0. The quantitative estimate of drug-likeness (QED) is 0.503. The minimum Gasteiger partial charge on any atom is -0.456 e. The summed E-state index contributed by atoms with van der Waals surface area (Å²) in [6, 6.07) is 13.4. The maximum Gasteiger partial charge on any atom is 0.168 e. The smallest absolute Gasteiger partial charge is 0.168 e. The van der Waals surface area contributed by atoms with E-state index in [1.807, 2.05) is 41.8 Å². The van der Waals surface area contributed by atoms with Crippen LogP contribution in [0.4, 0.5) is 5.82 Å². The molecule has 166 valence electrons. The summed E-state index contributed by atoms with van der Waals surface area (Å²) in [5.74, 6) is 2.04. The zero-order valence-corrected chi connectivity index (χ0v) is 18.2. The van der Waals surface area contributed by atoms with E-state index in [2.05, 4.69) is 26.2 Å². The van der Waals surface area contributed by atoms with E-state index in [1.54, 1.807) is 18.5 Å². The van der Waals surface area contributed by atoms with E-state index in [0.717, 1.165) is 41.3 Å². The molecule has 0 radical (unpaired) electrons. The average Bonchev–Trinajstić information content (AvgIpc) is 3.32. The normalized spacial score (nSPS) is 13.8. The Labute approximate surface area is 191 Å². The number of morpholine rings is 1. The van der Waals surface area contributed by atoms with Gasteiger partial charge in [0, 0.05) is 54.8 Å². The first-order chi connectivity index (χ1) is 16.1. The zero-order valence-electron chi connectivity index (χ0n) is 18.2. The number of hydrogen-bond acceptors (Lipinski definition) is 8. The van der Waals surface area contributed by atoms with Crippen LogP contribution >= 0.6 is 0 Å². The van der Waals surface area contributed by atoms with Crippen LogP contribution in [-0.4, -0.2) is 45.9 Å². The predicted molar refractivity (Wildman–Crippen MR) is 123 cm³/mol. The third-order valence-corrected chi connectivity index (χ3v) is 5.56. The fraction of sp³-hybridized carbons (Fsp3) is 0.250. The van der Waals surface area contributed by atoms with Gasteiger partial charge in [-0.15, -0.1) is 10.2 Å². The van der Waals surface area contributed by atoms with E-state index in [1.165, 1.54) is 0 Å². The Morgan fingerprint density at radius 3 is 2.79 bits per heavy atom. The summed E-state index contributed by atoms with van der Waals surface area (Å²) in [6.45, 7) is 5.22. The van der Waals surface area contributed by atoms with Gasteiger partial charge < -0.3 is 20.1 Å². The summed E-state index contributed by atoms with van der Waals surface area (Å²) in [4.78, 5) is 6.85. The molecular weight excluding hydrogens is 418 g/mol. The molecule has 2 N–H and O–H groups in total. The van der Waals surface area contributed by atoms with Crippen LogP contribution in [0.2, 0.25) is 0 Å². The minimum absolute atomic E-state index is 0.375. The molecule has 0 bridgehead atoms. The van der Waals surface area contributed by atoms with E-state index in [0.29, 0.717) is 42.5 Å². The molecule has 1 aliphatic rings. The highest BCUT2D eigenvalue weighted by atomic mass is 16.5. The van der Waals surface area contributed by atoms with Crippen LogP contribution < -0.4 is 15.4 Å². The first kappa shape index (κ1) is 20.9. The lowest BCUT2D eigenvalue weighted by Gasteiger charge is -2.28.